The molecule has 23 heavy (non-hydrogen) atoms. The van der Waals surface area contributed by atoms with E-state index in [1.54, 1.807) is 12.1 Å². The average molecular weight is 463 g/mol. The number of alkyl halides is 3. The average Bonchev–Trinajstić information content (AvgIpc) is 2.40. The minimum atomic E-state index is -5.35. The number of amides is 1. The van der Waals surface area contributed by atoms with E-state index in [9.17, 15) is 27.9 Å². The Labute approximate surface area is 146 Å². The smallest absolute Gasteiger partial charge is 0.428 e. The lowest BCUT2D eigenvalue weighted by Gasteiger charge is -2.27. The number of nitrogens with one attached hydrogen (secondary N) is 1. The van der Waals surface area contributed by atoms with Crippen LogP contribution in [0.1, 0.15) is 13.3 Å². The molecule has 5 nitrogen and oxygen atoms in total. The molecular weight excluding hydrogens is 451 g/mol. The monoisotopic (exact) mass is 461 g/mol. The van der Waals surface area contributed by atoms with Crippen LogP contribution < -0.4 is 5.32 Å². The predicted molar refractivity (Wildman–Crippen MR) is 82.7 cm³/mol. The summed E-state index contributed by atoms with van der Waals surface area (Å²) in [5.74, 6) is -3.11. The molecule has 128 valence electrons. The van der Waals surface area contributed by atoms with Gasteiger partial charge in [-0.05, 0) is 41.1 Å². The van der Waals surface area contributed by atoms with Crippen molar-refractivity contribution in [2.45, 2.75) is 25.1 Å². The topological polar surface area (TPSA) is 75.6 Å². The van der Waals surface area contributed by atoms with E-state index in [-0.39, 0.29) is 12.3 Å². The summed E-state index contributed by atoms with van der Waals surface area (Å²) in [5, 5.41) is 11.8. The molecule has 1 amide bonds. The van der Waals surface area contributed by atoms with E-state index in [1.165, 1.54) is 13.0 Å². The molecule has 0 bridgehead atoms. The van der Waals surface area contributed by atoms with Gasteiger partial charge in [-0.15, -0.1) is 0 Å². The molecule has 0 saturated heterocycles. The molecule has 0 aliphatic carbocycles. The van der Waals surface area contributed by atoms with E-state index in [1.807, 2.05) is 0 Å². The van der Waals surface area contributed by atoms with Gasteiger partial charge in [0.1, 0.15) is 0 Å². The molecular formula is C13H12Br2F3NO4. The van der Waals surface area contributed by atoms with E-state index >= 15 is 0 Å². The first-order valence-electron chi connectivity index (χ1n) is 6.22. The predicted octanol–water partition coefficient (Wildman–Crippen LogP) is 3.40. The van der Waals surface area contributed by atoms with Crippen molar-refractivity contribution in [1.82, 2.24) is 0 Å². The van der Waals surface area contributed by atoms with Crippen LogP contribution in [0.5, 0.6) is 0 Å². The lowest BCUT2D eigenvalue weighted by Crippen LogP contribution is -2.54. The third kappa shape index (κ3) is 4.92. The van der Waals surface area contributed by atoms with Gasteiger partial charge in [-0.3, -0.25) is 4.79 Å². The van der Waals surface area contributed by atoms with Crippen molar-refractivity contribution in [3.63, 3.8) is 0 Å². The zero-order chi connectivity index (χ0) is 17.8. The summed E-state index contributed by atoms with van der Waals surface area (Å²) < 4.78 is 44.2. The fraction of sp³-hybridized carbons (Fsp3) is 0.385. The second-order valence-corrected chi connectivity index (χ2v) is 6.20. The summed E-state index contributed by atoms with van der Waals surface area (Å²) in [6.45, 7) is 0.921. The fourth-order valence-corrected chi connectivity index (χ4v) is 2.70. The largest absolute Gasteiger partial charge is 0.464 e. The summed E-state index contributed by atoms with van der Waals surface area (Å²) >= 11 is 6.31. The number of hydrogen-bond acceptors (Lipinski definition) is 4. The highest BCUT2D eigenvalue weighted by molar-refractivity contribution is 9.11. The van der Waals surface area contributed by atoms with Crippen molar-refractivity contribution < 1.29 is 32.6 Å². The van der Waals surface area contributed by atoms with Crippen molar-refractivity contribution in [3.8, 4) is 0 Å². The Morgan fingerprint density at radius 1 is 1.30 bits per heavy atom. The van der Waals surface area contributed by atoms with Crippen molar-refractivity contribution in [1.29, 1.82) is 0 Å². The van der Waals surface area contributed by atoms with Crippen LogP contribution in [0, 0.1) is 0 Å². The van der Waals surface area contributed by atoms with Crippen LogP contribution in [0.4, 0.5) is 18.9 Å². The molecule has 0 heterocycles. The van der Waals surface area contributed by atoms with Gasteiger partial charge in [-0.2, -0.15) is 13.2 Å². The number of hydrogen-bond donors (Lipinski definition) is 2. The highest BCUT2D eigenvalue weighted by Gasteiger charge is 2.61. The fourth-order valence-electron chi connectivity index (χ4n) is 1.56. The van der Waals surface area contributed by atoms with E-state index in [0.717, 1.165) is 0 Å². The maximum Gasteiger partial charge on any atom is 0.428 e. The Balaban J connectivity index is 2.96. The van der Waals surface area contributed by atoms with Gasteiger partial charge in [-0.1, -0.05) is 15.9 Å². The van der Waals surface area contributed by atoms with E-state index in [4.69, 9.17) is 0 Å². The zero-order valence-electron chi connectivity index (χ0n) is 11.7. The molecule has 0 aliphatic heterocycles. The van der Waals surface area contributed by atoms with Crippen LogP contribution in [0.3, 0.4) is 0 Å². The second-order valence-electron chi connectivity index (χ2n) is 4.43. The summed E-state index contributed by atoms with van der Waals surface area (Å²) in [6, 6.07) is 4.56. The number of rotatable bonds is 5. The molecule has 1 aromatic carbocycles. The number of anilines is 1. The Morgan fingerprint density at radius 3 is 2.39 bits per heavy atom. The van der Waals surface area contributed by atoms with E-state index < -0.39 is 30.1 Å². The van der Waals surface area contributed by atoms with Gasteiger partial charge in [0.15, 0.2) is 0 Å². The van der Waals surface area contributed by atoms with Gasteiger partial charge in [0.25, 0.3) is 5.60 Å². The minimum Gasteiger partial charge on any atom is -0.464 e. The Kier molecular flexibility index (Phi) is 6.60. The Morgan fingerprint density at radius 2 is 1.91 bits per heavy atom. The Bertz CT molecular complexity index is 609. The molecule has 0 aliphatic rings. The summed E-state index contributed by atoms with van der Waals surface area (Å²) in [5.41, 5.74) is -3.72. The molecule has 1 aromatic rings. The molecule has 1 atom stereocenters. The molecule has 0 fully saturated rings. The van der Waals surface area contributed by atoms with Crippen molar-refractivity contribution in [2.75, 3.05) is 11.9 Å². The van der Waals surface area contributed by atoms with Gasteiger partial charge < -0.3 is 15.2 Å². The van der Waals surface area contributed by atoms with E-state index in [0.29, 0.717) is 8.95 Å². The summed E-state index contributed by atoms with van der Waals surface area (Å²) in [6.07, 6.45) is -6.87. The molecule has 0 saturated carbocycles. The quantitative estimate of drug-likeness (QED) is 0.657. The van der Waals surface area contributed by atoms with Gasteiger partial charge >= 0.3 is 12.1 Å². The van der Waals surface area contributed by atoms with E-state index in [2.05, 4.69) is 41.9 Å². The van der Waals surface area contributed by atoms with Crippen LogP contribution in [0.25, 0.3) is 0 Å². The number of esters is 1. The standard InChI is InChI=1S/C13H12Br2F3NO4/c1-2-23-11(21)12(22,13(16,17)18)6-10(20)19-9-4-3-7(14)5-8(9)15/h3-5,22H,2,6H2,1H3,(H,19,20)/t12-/m1/s1. The van der Waals surface area contributed by atoms with Crippen LogP contribution >= 0.6 is 31.9 Å². The highest BCUT2D eigenvalue weighted by Crippen LogP contribution is 2.35. The number of aliphatic hydroxyl groups is 1. The minimum absolute atomic E-state index is 0.187. The van der Waals surface area contributed by atoms with Gasteiger partial charge in [0, 0.05) is 8.95 Å². The SMILES string of the molecule is CCOC(=O)[C@](O)(CC(=O)Nc1ccc(Br)cc1Br)C(F)(F)F. The molecule has 0 unspecified atom stereocenters. The molecule has 10 heteroatoms. The van der Waals surface area contributed by atoms with Crippen molar-refractivity contribution in [3.05, 3.63) is 27.1 Å². The number of ether oxygens (including phenoxy) is 1. The zero-order valence-corrected chi connectivity index (χ0v) is 14.9. The van der Waals surface area contributed by atoms with Crippen molar-refractivity contribution >= 4 is 49.4 Å². The first kappa shape index (κ1) is 19.9. The first-order valence-corrected chi connectivity index (χ1v) is 7.81. The lowest BCUT2D eigenvalue weighted by atomic mass is 9.98. The number of carbonyl (C=O) groups is 2. The van der Waals surface area contributed by atoms with Crippen LogP contribution in [-0.2, 0) is 14.3 Å². The summed E-state index contributed by atoms with van der Waals surface area (Å²) in [4.78, 5) is 23.2. The lowest BCUT2D eigenvalue weighted by molar-refractivity contribution is -0.262. The number of benzene rings is 1. The maximum absolute atomic E-state index is 13.0. The van der Waals surface area contributed by atoms with Crippen LogP contribution in [0.15, 0.2) is 27.1 Å². The number of carbonyl (C=O) groups excluding carboxylic acids is 2. The number of halogens is 5. The normalized spacial score (nSPS) is 14.0. The maximum atomic E-state index is 13.0. The summed E-state index contributed by atoms with van der Waals surface area (Å²) in [7, 11) is 0. The van der Waals surface area contributed by atoms with Gasteiger partial charge in [-0.25, -0.2) is 4.79 Å². The third-order valence-corrected chi connectivity index (χ3v) is 3.85. The molecule has 0 spiro atoms. The van der Waals surface area contributed by atoms with Gasteiger partial charge in [0.2, 0.25) is 5.91 Å². The Hall–Kier alpha value is -1.13. The first-order chi connectivity index (χ1) is 10.5. The van der Waals surface area contributed by atoms with Crippen LogP contribution in [-0.4, -0.2) is 35.4 Å². The molecule has 1 rings (SSSR count). The van der Waals surface area contributed by atoms with Crippen molar-refractivity contribution in [2.24, 2.45) is 0 Å². The molecule has 2 N–H and O–H groups in total. The molecule has 0 aromatic heterocycles. The molecule has 0 radical (unpaired) electrons. The highest BCUT2D eigenvalue weighted by atomic mass is 79.9. The van der Waals surface area contributed by atoms with Gasteiger partial charge in [0.05, 0.1) is 18.7 Å². The third-order valence-electron chi connectivity index (χ3n) is 2.70. The second kappa shape index (κ2) is 7.63. The van der Waals surface area contributed by atoms with Crippen LogP contribution in [0.2, 0.25) is 0 Å².